The normalized spacial score (nSPS) is 21.3. The van der Waals surface area contributed by atoms with E-state index in [-0.39, 0.29) is 51.1 Å². The van der Waals surface area contributed by atoms with Crippen LogP contribution in [0.4, 0.5) is 9.59 Å². The van der Waals surface area contributed by atoms with E-state index in [1.54, 1.807) is 24.5 Å². The maximum atomic E-state index is 12.8. The monoisotopic (exact) mass is 978 g/mol. The van der Waals surface area contributed by atoms with Crippen LogP contribution in [0, 0.1) is 59.2 Å². The first-order chi connectivity index (χ1) is 31.9. The fourth-order valence-electron chi connectivity index (χ4n) is 8.20. The molecule has 6 heterocycles. The van der Waals surface area contributed by atoms with Gasteiger partial charge in [-0.15, -0.1) is 0 Å². The topological polar surface area (TPSA) is 253 Å². The van der Waals surface area contributed by atoms with Crippen molar-refractivity contribution in [2.75, 3.05) is 72.5 Å². The minimum absolute atomic E-state index is 0.00771. The van der Waals surface area contributed by atoms with Crippen LogP contribution in [0.1, 0.15) is 68.5 Å². The van der Waals surface area contributed by atoms with E-state index in [4.69, 9.17) is 15.2 Å². The number of fused-ring (bicyclic) bond motifs is 2. The molecular weight excluding hydrogens is 921 g/mol. The summed E-state index contributed by atoms with van der Waals surface area (Å²) < 4.78 is 52.8. The van der Waals surface area contributed by atoms with Crippen molar-refractivity contribution in [3.8, 4) is 47.4 Å². The molecule has 3 fully saturated rings. The van der Waals surface area contributed by atoms with E-state index in [9.17, 15) is 41.1 Å². The van der Waals surface area contributed by atoms with Crippen LogP contribution in [0.3, 0.4) is 0 Å². The molecule has 5 aliphatic rings. The maximum absolute atomic E-state index is 12.8. The Morgan fingerprint density at radius 2 is 1.28 bits per heavy atom. The van der Waals surface area contributed by atoms with Crippen molar-refractivity contribution < 1.29 is 56.3 Å². The molecule has 2 aromatic rings. The number of aliphatic hydroxyl groups is 1. The number of carbonyl (C=O) groups is 4. The Morgan fingerprint density at radius 1 is 0.809 bits per heavy atom. The summed E-state index contributed by atoms with van der Waals surface area (Å²) in [5.74, 6) is 22.1. The van der Waals surface area contributed by atoms with Gasteiger partial charge in [-0.05, 0) is 88.9 Å². The Bertz CT molecular complexity index is 2800. The number of aromatic nitrogens is 2. The molecule has 1 aliphatic carbocycles. The van der Waals surface area contributed by atoms with Crippen LogP contribution in [-0.4, -0.2) is 179 Å². The van der Waals surface area contributed by atoms with E-state index in [1.807, 2.05) is 14.1 Å². The van der Waals surface area contributed by atoms with Gasteiger partial charge in [0.1, 0.15) is 5.60 Å². The molecule has 0 bridgehead atoms. The first kappa shape index (κ1) is 51.7. The van der Waals surface area contributed by atoms with Crippen LogP contribution >= 0.6 is 0 Å². The predicted octanol–water partition coefficient (Wildman–Crippen LogP) is 0.0744. The van der Waals surface area contributed by atoms with Gasteiger partial charge >= 0.3 is 12.1 Å². The van der Waals surface area contributed by atoms with Gasteiger partial charge in [-0.1, -0.05) is 23.7 Å². The van der Waals surface area contributed by atoms with Crippen LogP contribution in [0.15, 0.2) is 24.5 Å². The fraction of sp³-hybridized carbons (Fsp3) is 0.565. The molecule has 0 radical (unpaired) electrons. The van der Waals surface area contributed by atoms with Gasteiger partial charge in [0.2, 0.25) is 0 Å². The first-order valence-corrected chi connectivity index (χ1v) is 25.7. The van der Waals surface area contributed by atoms with Gasteiger partial charge in [-0.2, -0.15) is 0 Å². The van der Waals surface area contributed by atoms with Crippen molar-refractivity contribution in [1.29, 1.82) is 0 Å². The van der Waals surface area contributed by atoms with Crippen molar-refractivity contribution in [3.63, 3.8) is 0 Å². The van der Waals surface area contributed by atoms with E-state index in [2.05, 4.69) is 57.2 Å². The second-order valence-electron chi connectivity index (χ2n) is 18.6. The van der Waals surface area contributed by atoms with Gasteiger partial charge in [-0.3, -0.25) is 34.0 Å². The zero-order chi connectivity index (χ0) is 49.8. The number of likely N-dealkylation sites (tertiary alicyclic amines) is 1. The molecule has 68 heavy (non-hydrogen) atoms. The Balaban J connectivity index is 0.000000226. The Labute approximate surface area is 397 Å². The summed E-state index contributed by atoms with van der Waals surface area (Å²) in [7, 11) is -3.57. The molecule has 22 heteroatoms. The SMILES string of the molecule is CC(CCN1Cc2cc(C#CC#CC3(O)CCN(C4COC4)CC3)cn2C1=O)(C(=O)NO)S(C)(=O)=O.CN(C)C[C@@H]1CC1C#CC#Cc1cc2n(c1)C(=O)N(CC[C@](C)(C(=O)NO)S(C)(=O)=O)C2. The Morgan fingerprint density at radius 3 is 1.68 bits per heavy atom. The highest BCUT2D eigenvalue weighted by Gasteiger charge is 2.46. The molecule has 7 rings (SSSR count). The number of carbonyl (C=O) groups excluding carboxylic acids is 4. The smallest absolute Gasteiger partial charge is 0.328 e. The zero-order valence-corrected chi connectivity index (χ0v) is 40.6. The zero-order valence-electron chi connectivity index (χ0n) is 39.0. The number of hydroxylamine groups is 2. The maximum Gasteiger partial charge on any atom is 0.328 e. The molecular formula is C46H58N8O12S2. The lowest BCUT2D eigenvalue weighted by molar-refractivity contribution is -0.132. The van der Waals surface area contributed by atoms with E-state index in [1.165, 1.54) is 43.7 Å². The minimum Gasteiger partial charge on any atom is -0.378 e. The second-order valence-corrected chi connectivity index (χ2v) is 23.5. The Kier molecular flexibility index (Phi) is 15.6. The van der Waals surface area contributed by atoms with E-state index in [0.29, 0.717) is 47.5 Å². The Hall–Kier alpha value is -5.66. The largest absolute Gasteiger partial charge is 0.378 e. The average Bonchev–Trinajstić information content (AvgIpc) is 3.50. The third kappa shape index (κ3) is 11.6. The van der Waals surface area contributed by atoms with Crippen molar-refractivity contribution in [2.45, 2.75) is 80.2 Å². The molecule has 4 amide bonds. The summed E-state index contributed by atoms with van der Waals surface area (Å²) >= 11 is 0. The highest BCUT2D eigenvalue weighted by molar-refractivity contribution is 7.93. The van der Waals surface area contributed by atoms with Crippen LogP contribution in [0.25, 0.3) is 0 Å². The quantitative estimate of drug-likeness (QED) is 0.101. The summed E-state index contributed by atoms with van der Waals surface area (Å²) in [6.07, 6.45) is 6.96. The number of hydrogen-bond donors (Lipinski definition) is 5. The molecule has 2 unspecified atom stereocenters. The van der Waals surface area contributed by atoms with Crippen LogP contribution in [0.2, 0.25) is 0 Å². The minimum atomic E-state index is -3.85. The number of hydrogen-bond acceptors (Lipinski definition) is 14. The summed E-state index contributed by atoms with van der Waals surface area (Å²) in [4.78, 5) is 56.7. The lowest BCUT2D eigenvalue weighted by Crippen LogP contribution is -2.54. The number of nitrogens with zero attached hydrogens (tertiary/aromatic N) is 6. The molecule has 0 aromatic carbocycles. The lowest BCUT2D eigenvalue weighted by Gasteiger charge is -2.42. The standard InChI is InChI=1S/C24H30N4O7S.C22H28N4O5S/c1-23(21(29)25-32,36(2,33)34)7-10-27-15-19-13-18(14-28(19)22(27)30)5-3-4-6-24(31)8-11-26(12-9-24)20-16-35-17-20;1-22(20(27)23-29,32(4,30)31)9-10-25-15-19-11-16(13-26(19)21(25)28)7-5-6-8-17-12-18(17)14-24(2)3/h13-14,20,31-32H,7-12,15-17H2,1-2H3,(H,25,29);11,13,17-18,29H,9-10,12,14-15H2,1-4H3,(H,23,27)/t;17?,18-,22+/m.0/s1. The van der Waals surface area contributed by atoms with Gasteiger partial charge in [0.15, 0.2) is 29.2 Å². The molecule has 20 nitrogen and oxygen atoms in total. The van der Waals surface area contributed by atoms with Gasteiger partial charge in [-0.25, -0.2) is 37.4 Å². The van der Waals surface area contributed by atoms with Gasteiger partial charge in [0.25, 0.3) is 11.8 Å². The first-order valence-electron chi connectivity index (χ1n) is 21.9. The number of rotatable bonds is 13. The van der Waals surface area contributed by atoms with Crippen LogP contribution < -0.4 is 11.0 Å². The number of ether oxygens (including phenoxy) is 1. The van der Waals surface area contributed by atoms with Gasteiger partial charge < -0.3 is 24.5 Å². The number of piperidine rings is 1. The van der Waals surface area contributed by atoms with Crippen molar-refractivity contribution in [1.82, 2.24) is 39.7 Å². The van der Waals surface area contributed by atoms with E-state index >= 15 is 0 Å². The average molecular weight is 979 g/mol. The molecule has 2 aromatic heterocycles. The fourth-order valence-corrected chi connectivity index (χ4v) is 9.89. The van der Waals surface area contributed by atoms with Crippen molar-refractivity contribution >= 4 is 43.6 Å². The van der Waals surface area contributed by atoms with Crippen molar-refractivity contribution in [3.05, 3.63) is 47.0 Å². The van der Waals surface area contributed by atoms with Gasteiger partial charge in [0.05, 0.1) is 32.3 Å². The predicted molar refractivity (Wildman–Crippen MR) is 247 cm³/mol. The summed E-state index contributed by atoms with van der Waals surface area (Å²) in [6, 6.07) is 3.32. The third-order valence-electron chi connectivity index (χ3n) is 13.4. The third-order valence-corrected chi connectivity index (χ3v) is 17.4. The highest BCUT2D eigenvalue weighted by Crippen LogP contribution is 2.38. The molecule has 2 saturated heterocycles. The number of nitrogens with one attached hydrogen (secondary N) is 2. The molecule has 1 saturated carbocycles. The molecule has 4 aliphatic heterocycles. The molecule has 366 valence electrons. The van der Waals surface area contributed by atoms with Crippen LogP contribution in [-0.2, 0) is 47.1 Å². The summed E-state index contributed by atoms with van der Waals surface area (Å²) in [6.45, 7) is 7.07. The van der Waals surface area contributed by atoms with E-state index in [0.717, 1.165) is 57.5 Å². The molecule has 5 N–H and O–H groups in total. The van der Waals surface area contributed by atoms with Crippen LogP contribution in [0.5, 0.6) is 0 Å². The summed E-state index contributed by atoms with van der Waals surface area (Å²) in [5.41, 5.74) is 4.44. The highest BCUT2D eigenvalue weighted by atomic mass is 32.2. The molecule has 4 atom stereocenters. The lowest BCUT2D eigenvalue weighted by atomic mass is 9.91. The van der Waals surface area contributed by atoms with Gasteiger partial charge in [0, 0.05) is 98.9 Å². The summed E-state index contributed by atoms with van der Waals surface area (Å²) in [5, 5.41) is 28.6. The van der Waals surface area contributed by atoms with Crippen molar-refractivity contribution in [2.24, 2.45) is 11.8 Å². The second kappa shape index (κ2) is 20.5. The number of sulfone groups is 2. The van der Waals surface area contributed by atoms with E-state index < -0.39 is 46.6 Å². The number of amides is 4. The molecule has 0 spiro atoms.